The smallest absolute Gasteiger partial charge is 0.870 e. The van der Waals surface area contributed by atoms with Gasteiger partial charge in [-0.3, -0.25) is 19.9 Å². The van der Waals surface area contributed by atoms with E-state index in [2.05, 4.69) is 19.9 Å². The Kier molecular flexibility index (Phi) is 24.6. The topological polar surface area (TPSA) is 112 Å². The second kappa shape index (κ2) is 22.1. The fourth-order valence-corrected chi connectivity index (χ4v) is 2.06. The molecule has 0 bridgehead atoms. The Bertz CT molecular complexity index is 889. The quantitative estimate of drug-likeness (QED) is 0.181. The molecule has 4 aromatic rings. The van der Waals surface area contributed by atoms with Crippen LogP contribution in [0.1, 0.15) is 0 Å². The summed E-state index contributed by atoms with van der Waals surface area (Å²) >= 11 is 0. The number of pyridine rings is 4. The summed E-state index contributed by atoms with van der Waals surface area (Å²) in [6, 6.07) is 23.2. The first-order valence-corrected chi connectivity index (χ1v) is 9.33. The first kappa shape index (κ1) is 42.2. The third-order valence-electron chi connectivity index (χ3n) is 3.18. The second-order valence-corrected chi connectivity index (χ2v) is 5.85. The van der Waals surface area contributed by atoms with Crippen molar-refractivity contribution in [1.29, 1.82) is 0 Å². The molecular weight excluding hydrogens is 629 g/mol. The Balaban J connectivity index is -0.000000211. The van der Waals surface area contributed by atoms with Crippen LogP contribution >= 0.6 is 0 Å². The molecule has 0 aromatic carbocycles. The molecule has 0 aliphatic rings. The molecule has 2 N–H and O–H groups in total. The van der Waals surface area contributed by atoms with Crippen molar-refractivity contribution >= 4 is 14.5 Å². The van der Waals surface area contributed by atoms with Crippen LogP contribution in [-0.4, -0.2) is 45.4 Å². The Hall–Kier alpha value is -2.87. The minimum Gasteiger partial charge on any atom is -0.870 e. The molecule has 0 unspecified atom stereocenters. The molecule has 0 saturated carbocycles. The Morgan fingerprint density at radius 1 is 0.368 bits per heavy atom. The van der Waals surface area contributed by atoms with E-state index < -0.39 is 14.5 Å². The number of nitrogens with zero attached hydrogens (tertiary/aromatic N) is 4. The van der Waals surface area contributed by atoms with Crippen molar-refractivity contribution in [3.05, 3.63) is 97.6 Å². The third-order valence-corrected chi connectivity index (χ3v) is 3.18. The molecule has 0 aliphatic heterocycles. The Labute approximate surface area is 234 Å². The molecule has 0 saturated heterocycles. The summed E-state index contributed by atoms with van der Waals surface area (Å²) in [5.74, 6) is 0. The molecule has 0 amide bonds. The second-order valence-electron chi connectivity index (χ2n) is 5.85. The van der Waals surface area contributed by atoms with Gasteiger partial charge >= 0.3 is 48.6 Å². The zero-order chi connectivity index (χ0) is 25.5. The van der Waals surface area contributed by atoms with Crippen LogP contribution in [0.2, 0.25) is 0 Å². The fourth-order valence-electron chi connectivity index (χ4n) is 2.06. The van der Waals surface area contributed by atoms with Crippen molar-refractivity contribution in [2.45, 2.75) is 0 Å². The molecular formula is C20H18B2Cu2F8N4O2. The van der Waals surface area contributed by atoms with E-state index in [0.717, 1.165) is 22.8 Å². The molecule has 4 heterocycles. The molecule has 0 atom stereocenters. The molecule has 18 heteroatoms. The third kappa shape index (κ3) is 24.8. The summed E-state index contributed by atoms with van der Waals surface area (Å²) in [4.78, 5) is 16.7. The van der Waals surface area contributed by atoms with Crippen molar-refractivity contribution in [1.82, 2.24) is 19.9 Å². The van der Waals surface area contributed by atoms with Gasteiger partial charge in [0.05, 0.1) is 22.8 Å². The van der Waals surface area contributed by atoms with E-state index in [1.54, 1.807) is 24.8 Å². The van der Waals surface area contributed by atoms with Crippen LogP contribution in [0, 0.1) is 0 Å². The van der Waals surface area contributed by atoms with Crippen LogP contribution < -0.4 is 0 Å². The van der Waals surface area contributed by atoms with Gasteiger partial charge in [-0.05, 0) is 48.5 Å². The van der Waals surface area contributed by atoms with Gasteiger partial charge in [-0.15, -0.1) is 0 Å². The molecule has 4 rings (SSSR count). The number of hydrogen-bond donors (Lipinski definition) is 0. The number of rotatable bonds is 2. The maximum Gasteiger partial charge on any atom is 2.00 e. The largest absolute Gasteiger partial charge is 2.00 e. The van der Waals surface area contributed by atoms with E-state index in [-0.39, 0.29) is 45.1 Å². The van der Waals surface area contributed by atoms with Crippen molar-refractivity contribution in [2.24, 2.45) is 0 Å². The predicted molar refractivity (Wildman–Crippen MR) is 119 cm³/mol. The number of aromatic nitrogens is 4. The molecule has 4 aromatic heterocycles. The molecule has 6 nitrogen and oxygen atoms in total. The first-order valence-electron chi connectivity index (χ1n) is 9.33. The van der Waals surface area contributed by atoms with Crippen molar-refractivity contribution in [2.75, 3.05) is 0 Å². The Morgan fingerprint density at radius 3 is 0.632 bits per heavy atom. The van der Waals surface area contributed by atoms with E-state index in [0.29, 0.717) is 0 Å². The number of hydrogen-bond acceptors (Lipinski definition) is 6. The van der Waals surface area contributed by atoms with Crippen molar-refractivity contribution < 1.29 is 79.6 Å². The van der Waals surface area contributed by atoms with Gasteiger partial charge in [0, 0.05) is 24.8 Å². The van der Waals surface area contributed by atoms with Gasteiger partial charge in [-0.2, -0.15) is 0 Å². The van der Waals surface area contributed by atoms with E-state index in [1.165, 1.54) is 0 Å². The molecule has 0 spiro atoms. The maximum absolute atomic E-state index is 9.75. The van der Waals surface area contributed by atoms with E-state index in [1.807, 2.05) is 72.8 Å². The molecule has 214 valence electrons. The van der Waals surface area contributed by atoms with Crippen molar-refractivity contribution in [3.8, 4) is 22.8 Å². The molecule has 0 fully saturated rings. The standard InChI is InChI=1S/2C10H8N2.2BF4.2Cu.2H2O/c2*1-3-7-11-9(5-1)10-6-2-4-8-12-10;2*2-1(3,4)5;;;;/h2*1-8H;;;;;2*1H2/q;;2*-1;2*+2;;/p-2. The molecule has 2 radical (unpaired) electrons. The SMILES string of the molecule is F[B-](F)(F)F.F[B-](F)(F)F.[Cu+2].[Cu+2].[OH-].[OH-].c1ccc(-c2ccccn2)nc1.c1ccc(-c2ccccn2)nc1. The van der Waals surface area contributed by atoms with Crippen molar-refractivity contribution in [3.63, 3.8) is 0 Å². The zero-order valence-corrected chi connectivity index (χ0v) is 20.6. The average Bonchev–Trinajstić information content (AvgIpc) is 2.80. The molecule has 38 heavy (non-hydrogen) atoms. The first-order chi connectivity index (χ1) is 15.9. The summed E-state index contributed by atoms with van der Waals surface area (Å²) in [5, 5.41) is 0. The van der Waals surface area contributed by atoms with E-state index in [9.17, 15) is 34.5 Å². The summed E-state index contributed by atoms with van der Waals surface area (Å²) in [6.07, 6.45) is 7.07. The summed E-state index contributed by atoms with van der Waals surface area (Å²) in [7, 11) is -12.0. The van der Waals surface area contributed by atoms with Crippen LogP contribution in [0.3, 0.4) is 0 Å². The van der Waals surface area contributed by atoms with Gasteiger partial charge in [-0.1, -0.05) is 24.3 Å². The number of halogens is 8. The minimum atomic E-state index is -6.00. The average molecular weight is 647 g/mol. The van der Waals surface area contributed by atoms with Gasteiger partial charge in [0.15, 0.2) is 0 Å². The minimum absolute atomic E-state index is 0. The summed E-state index contributed by atoms with van der Waals surface area (Å²) in [6.45, 7) is 0. The summed E-state index contributed by atoms with van der Waals surface area (Å²) < 4.78 is 78.0. The fraction of sp³-hybridized carbons (Fsp3) is 0. The van der Waals surface area contributed by atoms with Gasteiger partial charge < -0.3 is 45.5 Å². The zero-order valence-electron chi connectivity index (χ0n) is 18.7. The normalized spacial score (nSPS) is 9.26. The van der Waals surface area contributed by atoms with E-state index in [4.69, 9.17) is 0 Å². The monoisotopic (exact) mass is 646 g/mol. The van der Waals surface area contributed by atoms with Crippen LogP contribution in [0.5, 0.6) is 0 Å². The van der Waals surface area contributed by atoms with Gasteiger partial charge in [0.2, 0.25) is 0 Å². The van der Waals surface area contributed by atoms with Gasteiger partial charge in [0.1, 0.15) is 0 Å². The van der Waals surface area contributed by atoms with E-state index >= 15 is 0 Å². The van der Waals surface area contributed by atoms with Gasteiger partial charge in [0.25, 0.3) is 0 Å². The van der Waals surface area contributed by atoms with Crippen LogP contribution in [-0.2, 0) is 34.1 Å². The predicted octanol–water partition coefficient (Wildman–Crippen LogP) is 6.53. The maximum atomic E-state index is 9.75. The summed E-state index contributed by atoms with van der Waals surface area (Å²) in [5.41, 5.74) is 3.66. The van der Waals surface area contributed by atoms with Gasteiger partial charge in [-0.25, -0.2) is 0 Å². The van der Waals surface area contributed by atoms with Crippen LogP contribution in [0.25, 0.3) is 22.8 Å². The molecule has 0 aliphatic carbocycles. The Morgan fingerprint density at radius 2 is 0.526 bits per heavy atom. The van der Waals surface area contributed by atoms with Crippen LogP contribution in [0.4, 0.5) is 34.5 Å². The van der Waals surface area contributed by atoms with Crippen LogP contribution in [0.15, 0.2) is 97.6 Å².